The summed E-state index contributed by atoms with van der Waals surface area (Å²) in [6.07, 6.45) is 0. The third-order valence-corrected chi connectivity index (χ3v) is 1.86. The molecule has 0 fully saturated rings. The summed E-state index contributed by atoms with van der Waals surface area (Å²) in [6, 6.07) is 0. The van der Waals surface area contributed by atoms with Crippen LogP contribution in [0.1, 0.15) is 13.8 Å². The molecule has 92 valence electrons. The van der Waals surface area contributed by atoms with E-state index in [-0.39, 0.29) is 0 Å². The minimum absolute atomic E-state index is 0.978. The van der Waals surface area contributed by atoms with E-state index in [4.69, 9.17) is 20.4 Å². The molecule has 0 saturated carbocycles. The Bertz CT molecular complexity index is 304. The van der Waals surface area contributed by atoms with Crippen LogP contribution < -0.4 is 0 Å². The lowest BCUT2D eigenvalue weighted by Crippen LogP contribution is -2.58. The molecule has 4 N–H and O–H groups in total. The van der Waals surface area contributed by atoms with E-state index in [2.05, 4.69) is 4.74 Å². The number of hydrogen-bond donors (Lipinski definition) is 4. The summed E-state index contributed by atoms with van der Waals surface area (Å²) in [5, 5.41) is 34.8. The van der Waals surface area contributed by atoms with Crippen molar-refractivity contribution in [1.82, 2.24) is 0 Å². The first-order valence-corrected chi connectivity index (χ1v) is 4.11. The highest BCUT2D eigenvalue weighted by Gasteiger charge is 2.53. The number of aliphatic carboxylic acids is 3. The maximum atomic E-state index is 10.7. The van der Waals surface area contributed by atoms with Crippen LogP contribution in [0.15, 0.2) is 0 Å². The molecule has 8 heteroatoms. The van der Waals surface area contributed by atoms with Gasteiger partial charge in [-0.15, -0.1) is 0 Å². The van der Waals surface area contributed by atoms with E-state index in [0.29, 0.717) is 0 Å². The first kappa shape index (κ1) is 14.3. The molecule has 0 atom stereocenters. The molecule has 0 aliphatic carbocycles. The summed E-state index contributed by atoms with van der Waals surface area (Å²) in [6.45, 7) is 0.575. The van der Waals surface area contributed by atoms with Crippen LogP contribution >= 0.6 is 0 Å². The van der Waals surface area contributed by atoms with Gasteiger partial charge >= 0.3 is 17.9 Å². The quantitative estimate of drug-likeness (QED) is 0.420. The van der Waals surface area contributed by atoms with Crippen molar-refractivity contribution in [2.45, 2.75) is 25.0 Å². The second-order valence-corrected chi connectivity index (χ2v) is 3.51. The average Bonchev–Trinajstić information content (AvgIpc) is 2.12. The standard InChI is InChI=1S/C8H12O8/c1-7(2,4(10)11)16-8(3-9,5(12)13)6(14)15/h9H,3H2,1-2H3,(H,10,11)(H,12,13)(H,14,15). The van der Waals surface area contributed by atoms with Crippen molar-refractivity contribution >= 4 is 17.9 Å². The highest BCUT2D eigenvalue weighted by atomic mass is 16.6. The Balaban J connectivity index is 5.32. The zero-order chi connectivity index (χ0) is 13.1. The van der Waals surface area contributed by atoms with Crippen molar-refractivity contribution < 1.29 is 39.5 Å². The van der Waals surface area contributed by atoms with Crippen molar-refractivity contribution in [3.05, 3.63) is 0 Å². The summed E-state index contributed by atoms with van der Waals surface area (Å²) in [5.41, 5.74) is -5.04. The molecule has 0 unspecified atom stereocenters. The van der Waals surface area contributed by atoms with Crippen LogP contribution in [-0.2, 0) is 19.1 Å². The van der Waals surface area contributed by atoms with Gasteiger partial charge in [0.2, 0.25) is 0 Å². The Morgan fingerprint density at radius 1 is 1.00 bits per heavy atom. The molecule has 0 aliphatic heterocycles. The maximum Gasteiger partial charge on any atom is 0.350 e. The van der Waals surface area contributed by atoms with Crippen molar-refractivity contribution in [3.8, 4) is 0 Å². The molecule has 0 aliphatic rings. The molecule has 16 heavy (non-hydrogen) atoms. The Morgan fingerprint density at radius 2 is 1.38 bits per heavy atom. The predicted octanol–water partition coefficient (Wildman–Crippen LogP) is -1.23. The summed E-state index contributed by atoms with van der Waals surface area (Å²) in [7, 11) is 0. The topological polar surface area (TPSA) is 141 Å². The van der Waals surface area contributed by atoms with Gasteiger partial charge in [0.25, 0.3) is 5.60 Å². The first-order chi connectivity index (χ1) is 7.10. The molecular weight excluding hydrogens is 224 g/mol. The van der Waals surface area contributed by atoms with E-state index in [9.17, 15) is 14.4 Å². The molecule has 0 bridgehead atoms. The molecule has 0 radical (unpaired) electrons. The van der Waals surface area contributed by atoms with E-state index in [1.54, 1.807) is 0 Å². The fraction of sp³-hybridized carbons (Fsp3) is 0.625. The largest absolute Gasteiger partial charge is 0.479 e. The minimum Gasteiger partial charge on any atom is -0.479 e. The van der Waals surface area contributed by atoms with Gasteiger partial charge in [-0.05, 0) is 13.8 Å². The molecule has 0 aromatic rings. The monoisotopic (exact) mass is 236 g/mol. The highest BCUT2D eigenvalue weighted by Crippen LogP contribution is 2.22. The van der Waals surface area contributed by atoms with Crippen molar-refractivity contribution in [1.29, 1.82) is 0 Å². The molecule has 0 aromatic heterocycles. The van der Waals surface area contributed by atoms with Crippen LogP contribution in [0.4, 0.5) is 0 Å². The predicted molar refractivity (Wildman–Crippen MR) is 47.9 cm³/mol. The van der Waals surface area contributed by atoms with E-state index < -0.39 is 35.7 Å². The Labute approximate surface area is 90.1 Å². The summed E-state index contributed by atoms with van der Waals surface area (Å²) < 4.78 is 4.51. The van der Waals surface area contributed by atoms with E-state index >= 15 is 0 Å². The summed E-state index contributed by atoms with van der Waals surface area (Å²) in [5.74, 6) is -5.50. The second-order valence-electron chi connectivity index (χ2n) is 3.51. The number of aliphatic hydroxyl groups excluding tert-OH is 1. The molecule has 0 aromatic carbocycles. The van der Waals surface area contributed by atoms with Gasteiger partial charge in [0, 0.05) is 0 Å². The van der Waals surface area contributed by atoms with Gasteiger partial charge in [0.1, 0.15) is 0 Å². The SMILES string of the molecule is CC(C)(OC(CO)(C(=O)O)C(=O)O)C(=O)O. The molecule has 0 rings (SSSR count). The zero-order valence-corrected chi connectivity index (χ0v) is 8.63. The van der Waals surface area contributed by atoms with E-state index in [0.717, 1.165) is 13.8 Å². The number of rotatable bonds is 6. The van der Waals surface area contributed by atoms with Crippen LogP contribution in [0.5, 0.6) is 0 Å². The normalized spacial score (nSPS) is 12.2. The lowest BCUT2D eigenvalue weighted by Gasteiger charge is -2.30. The first-order valence-electron chi connectivity index (χ1n) is 4.11. The minimum atomic E-state index is -2.98. The number of carbonyl (C=O) groups is 3. The number of carboxylic acids is 3. The van der Waals surface area contributed by atoms with Crippen LogP contribution in [-0.4, -0.2) is 56.1 Å². The number of hydrogen-bond acceptors (Lipinski definition) is 5. The zero-order valence-electron chi connectivity index (χ0n) is 8.63. The molecule has 0 saturated heterocycles. The highest BCUT2D eigenvalue weighted by molar-refractivity contribution is 6.02. The van der Waals surface area contributed by atoms with Crippen LogP contribution in [0, 0.1) is 0 Å². The smallest absolute Gasteiger partial charge is 0.350 e. The van der Waals surface area contributed by atoms with Gasteiger partial charge in [-0.25, -0.2) is 14.4 Å². The van der Waals surface area contributed by atoms with Crippen molar-refractivity contribution in [2.24, 2.45) is 0 Å². The van der Waals surface area contributed by atoms with Crippen LogP contribution in [0.25, 0.3) is 0 Å². The third kappa shape index (κ3) is 2.47. The lowest BCUT2D eigenvalue weighted by atomic mass is 10.0. The molecular formula is C8H12O8. The summed E-state index contributed by atoms with van der Waals surface area (Å²) >= 11 is 0. The third-order valence-electron chi connectivity index (χ3n) is 1.86. The van der Waals surface area contributed by atoms with Crippen molar-refractivity contribution in [2.75, 3.05) is 6.61 Å². The number of ether oxygens (including phenoxy) is 1. The van der Waals surface area contributed by atoms with Gasteiger partial charge in [-0.3, -0.25) is 0 Å². The Kier molecular flexibility index (Phi) is 3.99. The molecule has 8 nitrogen and oxygen atoms in total. The average molecular weight is 236 g/mol. The van der Waals surface area contributed by atoms with Gasteiger partial charge < -0.3 is 25.2 Å². The summed E-state index contributed by atoms with van der Waals surface area (Å²) in [4.78, 5) is 32.1. The second kappa shape index (κ2) is 4.45. The van der Waals surface area contributed by atoms with Gasteiger partial charge in [0.15, 0.2) is 5.60 Å². The Morgan fingerprint density at radius 3 is 1.56 bits per heavy atom. The van der Waals surface area contributed by atoms with Gasteiger partial charge in [0.05, 0.1) is 6.61 Å². The van der Waals surface area contributed by atoms with E-state index in [1.165, 1.54) is 0 Å². The van der Waals surface area contributed by atoms with Crippen molar-refractivity contribution in [3.63, 3.8) is 0 Å². The van der Waals surface area contributed by atoms with E-state index in [1.807, 2.05) is 0 Å². The van der Waals surface area contributed by atoms with Crippen LogP contribution in [0.2, 0.25) is 0 Å². The molecule has 0 heterocycles. The van der Waals surface area contributed by atoms with Gasteiger partial charge in [-0.1, -0.05) is 0 Å². The molecule has 0 spiro atoms. The Hall–Kier alpha value is -1.67. The van der Waals surface area contributed by atoms with Gasteiger partial charge in [-0.2, -0.15) is 0 Å². The maximum absolute atomic E-state index is 10.7. The number of carboxylic acid groups (broad SMARTS) is 3. The fourth-order valence-electron chi connectivity index (χ4n) is 0.826. The number of aliphatic hydroxyl groups is 1. The fourth-order valence-corrected chi connectivity index (χ4v) is 0.826. The van der Waals surface area contributed by atoms with Crippen LogP contribution in [0.3, 0.4) is 0 Å². The lowest BCUT2D eigenvalue weighted by molar-refractivity contribution is -0.213. The molecule has 0 amide bonds.